The van der Waals surface area contributed by atoms with Gasteiger partial charge in [-0.1, -0.05) is 25.1 Å². The van der Waals surface area contributed by atoms with Gasteiger partial charge in [0.25, 0.3) is 0 Å². The fourth-order valence-electron chi connectivity index (χ4n) is 4.71. The zero-order chi connectivity index (χ0) is 24.5. The largest absolute Gasteiger partial charge is 0.497 e. The van der Waals surface area contributed by atoms with Crippen LogP contribution >= 0.6 is 0 Å². The quantitative estimate of drug-likeness (QED) is 0.372. The van der Waals surface area contributed by atoms with Gasteiger partial charge < -0.3 is 19.1 Å². The van der Waals surface area contributed by atoms with E-state index in [0.29, 0.717) is 11.2 Å². The number of methoxy groups -OCH3 is 1. The third kappa shape index (κ3) is 4.73. The van der Waals surface area contributed by atoms with Gasteiger partial charge in [-0.25, -0.2) is 4.39 Å². The van der Waals surface area contributed by atoms with Crippen molar-refractivity contribution >= 4 is 28.4 Å². The Balaban J connectivity index is 1.50. The highest BCUT2D eigenvalue weighted by molar-refractivity contribution is 6.08. The molecule has 2 heterocycles. The minimum Gasteiger partial charge on any atom is -0.497 e. The molecule has 1 aliphatic heterocycles. The summed E-state index contributed by atoms with van der Waals surface area (Å²) in [5.74, 6) is -0.0773. The van der Waals surface area contributed by atoms with Crippen LogP contribution in [0.3, 0.4) is 0 Å². The van der Waals surface area contributed by atoms with Crippen molar-refractivity contribution in [3.05, 3.63) is 75.8 Å². The second kappa shape index (κ2) is 9.66. The van der Waals surface area contributed by atoms with E-state index >= 15 is 4.39 Å². The lowest BCUT2D eigenvalue weighted by atomic mass is 10.1. The van der Waals surface area contributed by atoms with E-state index in [1.54, 1.807) is 25.4 Å². The van der Waals surface area contributed by atoms with Crippen LogP contribution in [0.5, 0.6) is 5.75 Å². The minimum absolute atomic E-state index is 0.0675. The molecule has 182 valence electrons. The molecule has 1 aliphatic carbocycles. The first-order valence-corrected chi connectivity index (χ1v) is 12.2. The molecule has 2 fully saturated rings. The van der Waals surface area contributed by atoms with Crippen LogP contribution in [-0.2, 0) is 0 Å². The third-order valence-corrected chi connectivity index (χ3v) is 7.01. The van der Waals surface area contributed by atoms with Crippen LogP contribution in [0.2, 0.25) is 0 Å². The van der Waals surface area contributed by atoms with Crippen molar-refractivity contribution in [2.45, 2.75) is 25.8 Å². The Morgan fingerprint density at radius 3 is 2.46 bits per heavy atom. The second-order valence-electron chi connectivity index (χ2n) is 9.22. The molecule has 2 aliphatic rings. The maximum atomic E-state index is 15.3. The van der Waals surface area contributed by atoms with Crippen molar-refractivity contribution in [2.24, 2.45) is 0 Å². The van der Waals surface area contributed by atoms with Gasteiger partial charge in [-0.15, -0.1) is 0 Å². The molecular weight excluding hydrogens is 445 g/mol. The molecule has 1 aromatic heterocycles. The number of pyridine rings is 1. The number of carbonyl (C=O) groups excluding carboxylic acids is 1. The van der Waals surface area contributed by atoms with Crippen molar-refractivity contribution in [1.82, 2.24) is 9.47 Å². The summed E-state index contributed by atoms with van der Waals surface area (Å²) in [5, 5.41) is 0.258. The number of allylic oxidation sites excluding steroid dienone is 1. The maximum Gasteiger partial charge on any atom is 0.200 e. The molecule has 35 heavy (non-hydrogen) atoms. The van der Waals surface area contributed by atoms with Gasteiger partial charge in [0, 0.05) is 43.8 Å². The van der Waals surface area contributed by atoms with E-state index in [1.807, 2.05) is 28.8 Å². The van der Waals surface area contributed by atoms with Crippen molar-refractivity contribution in [3.8, 4) is 5.75 Å². The van der Waals surface area contributed by atoms with Crippen LogP contribution in [0.25, 0.3) is 17.0 Å². The number of fused-ring (bicyclic) bond motifs is 1. The molecule has 7 heteroatoms. The minimum atomic E-state index is -0.428. The number of hydrogen-bond donors (Lipinski definition) is 0. The number of nitrogens with zero attached hydrogens (tertiary/aromatic N) is 3. The van der Waals surface area contributed by atoms with E-state index < -0.39 is 11.2 Å². The summed E-state index contributed by atoms with van der Waals surface area (Å²) in [7, 11) is 1.59. The van der Waals surface area contributed by atoms with Gasteiger partial charge in [0.2, 0.25) is 5.43 Å². The summed E-state index contributed by atoms with van der Waals surface area (Å²) < 4.78 is 22.4. The lowest BCUT2D eigenvalue weighted by Gasteiger charge is -2.35. The fourth-order valence-corrected chi connectivity index (χ4v) is 4.71. The number of ether oxygens (including phenoxy) is 1. The van der Waals surface area contributed by atoms with E-state index in [1.165, 1.54) is 12.1 Å². The Morgan fingerprint density at radius 1 is 1.11 bits per heavy atom. The van der Waals surface area contributed by atoms with Crippen LogP contribution in [0.1, 0.15) is 41.7 Å². The van der Waals surface area contributed by atoms with Gasteiger partial charge in [-0.2, -0.15) is 0 Å². The zero-order valence-electron chi connectivity index (χ0n) is 20.2. The van der Waals surface area contributed by atoms with Gasteiger partial charge in [-0.3, -0.25) is 9.59 Å². The van der Waals surface area contributed by atoms with Crippen LogP contribution in [0.4, 0.5) is 10.1 Å². The standard InChI is InChI=1S/C28H30FN3O3/c1-3-30-12-14-31(15-13-30)26-17-25-22(16-24(26)29)28(34)23(18-32(25)20-7-8-20)27(33)11-6-19-4-9-21(35-2)10-5-19/h4-6,9-11,16-18,20H,3,7-8,12-15H2,1-2H3/b11-6+. The SMILES string of the molecule is CCN1CCN(c2cc3c(cc2F)c(=O)c(C(=O)/C=C/c2ccc(OC)cc2)cn3C2CC2)CC1. The average molecular weight is 476 g/mol. The normalized spacial score (nSPS) is 16.8. The molecular formula is C28H30FN3O3. The summed E-state index contributed by atoms with van der Waals surface area (Å²) >= 11 is 0. The molecule has 0 atom stereocenters. The molecule has 3 aromatic rings. The van der Waals surface area contributed by atoms with Crippen molar-refractivity contribution in [1.29, 1.82) is 0 Å². The molecule has 2 aromatic carbocycles. The lowest BCUT2D eigenvalue weighted by molar-refractivity contribution is 0.104. The molecule has 0 unspecified atom stereocenters. The molecule has 0 spiro atoms. The van der Waals surface area contributed by atoms with Crippen molar-refractivity contribution in [2.75, 3.05) is 44.7 Å². The third-order valence-electron chi connectivity index (χ3n) is 7.01. The Morgan fingerprint density at radius 2 is 1.83 bits per heavy atom. The number of aromatic nitrogens is 1. The predicted octanol–water partition coefficient (Wildman–Crippen LogP) is 4.52. The number of ketones is 1. The van der Waals surface area contributed by atoms with Gasteiger partial charge in [0.05, 0.1) is 23.9 Å². The van der Waals surface area contributed by atoms with E-state index in [0.717, 1.165) is 56.9 Å². The molecule has 6 nitrogen and oxygen atoms in total. The number of likely N-dealkylation sites (N-methyl/N-ethyl adjacent to an activating group) is 1. The summed E-state index contributed by atoms with van der Waals surface area (Å²) in [6.07, 6.45) is 6.70. The summed E-state index contributed by atoms with van der Waals surface area (Å²) in [4.78, 5) is 30.7. The number of anilines is 1. The second-order valence-corrected chi connectivity index (χ2v) is 9.22. The van der Waals surface area contributed by atoms with E-state index in [2.05, 4.69) is 16.7 Å². The Hall–Kier alpha value is -3.45. The number of piperazine rings is 1. The number of benzene rings is 2. The number of hydrogen-bond acceptors (Lipinski definition) is 5. The van der Waals surface area contributed by atoms with E-state index in [9.17, 15) is 9.59 Å². The van der Waals surface area contributed by atoms with Gasteiger partial charge in [-0.05, 0) is 55.3 Å². The fraction of sp³-hybridized carbons (Fsp3) is 0.357. The van der Waals surface area contributed by atoms with Crippen LogP contribution in [0.15, 0.2) is 53.5 Å². The van der Waals surface area contributed by atoms with E-state index in [4.69, 9.17) is 4.74 Å². The molecule has 1 saturated carbocycles. The molecule has 0 bridgehead atoms. The Labute approximate surface area is 204 Å². The molecule has 0 radical (unpaired) electrons. The van der Waals surface area contributed by atoms with Gasteiger partial charge in [0.15, 0.2) is 5.78 Å². The van der Waals surface area contributed by atoms with Gasteiger partial charge in [0.1, 0.15) is 11.6 Å². The summed E-state index contributed by atoms with van der Waals surface area (Å²) in [6.45, 7) is 6.38. The highest BCUT2D eigenvalue weighted by atomic mass is 19.1. The highest BCUT2D eigenvalue weighted by Gasteiger charge is 2.28. The first kappa shape index (κ1) is 23.3. The van der Waals surface area contributed by atoms with Gasteiger partial charge >= 0.3 is 0 Å². The summed E-state index contributed by atoms with van der Waals surface area (Å²) in [6, 6.07) is 10.6. The predicted molar refractivity (Wildman–Crippen MR) is 137 cm³/mol. The average Bonchev–Trinajstić information content (AvgIpc) is 3.73. The monoisotopic (exact) mass is 475 g/mol. The lowest BCUT2D eigenvalue weighted by Crippen LogP contribution is -2.46. The van der Waals surface area contributed by atoms with E-state index in [-0.39, 0.29) is 22.8 Å². The molecule has 5 rings (SSSR count). The van der Waals surface area contributed by atoms with Crippen molar-refractivity contribution < 1.29 is 13.9 Å². The first-order chi connectivity index (χ1) is 17.0. The summed E-state index contributed by atoms with van der Waals surface area (Å²) in [5.41, 5.74) is 1.68. The first-order valence-electron chi connectivity index (χ1n) is 12.2. The highest BCUT2D eigenvalue weighted by Crippen LogP contribution is 2.38. The number of carbonyl (C=O) groups is 1. The van der Waals surface area contributed by atoms with Crippen LogP contribution in [-0.4, -0.2) is 55.1 Å². The smallest absolute Gasteiger partial charge is 0.200 e. The number of rotatable bonds is 7. The Kier molecular flexibility index (Phi) is 6.43. The molecule has 0 amide bonds. The zero-order valence-corrected chi connectivity index (χ0v) is 20.2. The Bertz CT molecular complexity index is 1330. The molecule has 1 saturated heterocycles. The van der Waals surface area contributed by atoms with Crippen LogP contribution < -0.4 is 15.1 Å². The topological polar surface area (TPSA) is 54.8 Å². The van der Waals surface area contributed by atoms with Crippen molar-refractivity contribution in [3.63, 3.8) is 0 Å². The van der Waals surface area contributed by atoms with Crippen LogP contribution in [0, 0.1) is 5.82 Å². The molecule has 0 N–H and O–H groups in total. The number of halogens is 1. The maximum absolute atomic E-state index is 15.3.